The van der Waals surface area contributed by atoms with E-state index < -0.39 is 0 Å². The maximum Gasteiger partial charge on any atom is 0.224 e. The monoisotopic (exact) mass is 295 g/mol. The summed E-state index contributed by atoms with van der Waals surface area (Å²) in [4.78, 5) is 12.3. The van der Waals surface area contributed by atoms with Crippen molar-refractivity contribution >= 4 is 5.91 Å². The van der Waals surface area contributed by atoms with Gasteiger partial charge in [-0.2, -0.15) is 0 Å². The Balaban J connectivity index is 1.67. The van der Waals surface area contributed by atoms with Crippen LogP contribution in [0.4, 0.5) is 0 Å². The Kier molecular flexibility index (Phi) is 4.42. The number of benzene rings is 2. The van der Waals surface area contributed by atoms with Crippen LogP contribution in [0.25, 0.3) is 0 Å². The van der Waals surface area contributed by atoms with Crippen molar-refractivity contribution in [3.05, 3.63) is 65.2 Å². The number of rotatable bonds is 4. The molecule has 2 aromatic carbocycles. The van der Waals surface area contributed by atoms with Crippen molar-refractivity contribution in [3.8, 4) is 5.75 Å². The molecule has 0 saturated carbocycles. The number of amides is 1. The fraction of sp³-hybridized carbons (Fsp3) is 0.316. The van der Waals surface area contributed by atoms with Crippen LogP contribution in [-0.2, 0) is 17.6 Å². The quantitative estimate of drug-likeness (QED) is 0.938. The molecular weight excluding hydrogens is 274 g/mol. The molecule has 2 aromatic rings. The molecule has 0 bridgehead atoms. The van der Waals surface area contributed by atoms with Crippen LogP contribution in [0.5, 0.6) is 5.75 Å². The van der Waals surface area contributed by atoms with Crippen LogP contribution < -0.4 is 10.1 Å². The van der Waals surface area contributed by atoms with E-state index in [4.69, 9.17) is 4.74 Å². The lowest BCUT2D eigenvalue weighted by molar-refractivity contribution is -0.121. The summed E-state index contributed by atoms with van der Waals surface area (Å²) in [7, 11) is 1.64. The number of hydrogen-bond acceptors (Lipinski definition) is 2. The summed E-state index contributed by atoms with van der Waals surface area (Å²) in [6.45, 7) is 0. The lowest BCUT2D eigenvalue weighted by atomic mass is 9.87. The minimum Gasteiger partial charge on any atom is -0.497 e. The molecule has 0 aromatic heterocycles. The summed E-state index contributed by atoms with van der Waals surface area (Å²) in [6.07, 6.45) is 3.64. The predicted octanol–water partition coefficient (Wildman–Crippen LogP) is 3.43. The molecule has 114 valence electrons. The van der Waals surface area contributed by atoms with Crippen molar-refractivity contribution in [3.63, 3.8) is 0 Å². The van der Waals surface area contributed by atoms with Crippen molar-refractivity contribution in [2.24, 2.45) is 0 Å². The van der Waals surface area contributed by atoms with Crippen LogP contribution in [0.2, 0.25) is 0 Å². The van der Waals surface area contributed by atoms with Crippen molar-refractivity contribution < 1.29 is 9.53 Å². The van der Waals surface area contributed by atoms with E-state index >= 15 is 0 Å². The van der Waals surface area contributed by atoms with E-state index in [2.05, 4.69) is 23.5 Å². The molecule has 0 heterocycles. The first-order valence-corrected chi connectivity index (χ1v) is 7.76. The molecule has 0 fully saturated rings. The molecule has 1 aliphatic carbocycles. The van der Waals surface area contributed by atoms with Gasteiger partial charge in [0.2, 0.25) is 5.91 Å². The predicted molar refractivity (Wildman–Crippen MR) is 87.0 cm³/mol. The second-order valence-electron chi connectivity index (χ2n) is 5.74. The maximum absolute atomic E-state index is 12.3. The third kappa shape index (κ3) is 3.30. The van der Waals surface area contributed by atoms with Crippen molar-refractivity contribution in [1.82, 2.24) is 5.32 Å². The minimum absolute atomic E-state index is 0.0648. The van der Waals surface area contributed by atoms with Gasteiger partial charge in [0.1, 0.15) is 5.75 Å². The van der Waals surface area contributed by atoms with Crippen molar-refractivity contribution in [2.45, 2.75) is 31.7 Å². The van der Waals surface area contributed by atoms with Gasteiger partial charge in [-0.1, -0.05) is 36.4 Å². The normalized spacial score (nSPS) is 16.7. The fourth-order valence-electron chi connectivity index (χ4n) is 3.12. The first kappa shape index (κ1) is 14.6. The average Bonchev–Trinajstić information content (AvgIpc) is 2.55. The molecule has 3 rings (SSSR count). The van der Waals surface area contributed by atoms with E-state index in [-0.39, 0.29) is 11.9 Å². The highest BCUT2D eigenvalue weighted by atomic mass is 16.5. The number of nitrogens with one attached hydrogen (secondary N) is 1. The molecule has 1 aliphatic rings. The first-order chi connectivity index (χ1) is 10.8. The van der Waals surface area contributed by atoms with Crippen LogP contribution in [0.1, 0.15) is 35.6 Å². The summed E-state index contributed by atoms with van der Waals surface area (Å²) in [6, 6.07) is 16.2. The number of ether oxygens (including phenoxy) is 1. The highest BCUT2D eigenvalue weighted by molar-refractivity contribution is 5.79. The molecule has 0 unspecified atom stereocenters. The van der Waals surface area contributed by atoms with Crippen LogP contribution in [0.15, 0.2) is 48.5 Å². The van der Waals surface area contributed by atoms with E-state index in [0.29, 0.717) is 6.42 Å². The number of carbonyl (C=O) groups excluding carboxylic acids is 1. The topological polar surface area (TPSA) is 38.3 Å². The lowest BCUT2D eigenvalue weighted by Gasteiger charge is -2.26. The Hall–Kier alpha value is -2.29. The zero-order valence-electron chi connectivity index (χ0n) is 12.8. The zero-order chi connectivity index (χ0) is 15.4. The number of fused-ring (bicyclic) bond motifs is 1. The van der Waals surface area contributed by atoms with E-state index in [1.807, 2.05) is 30.3 Å². The van der Waals surface area contributed by atoms with Gasteiger partial charge in [0.25, 0.3) is 0 Å². The molecule has 3 heteroatoms. The highest BCUT2D eigenvalue weighted by Gasteiger charge is 2.21. The Morgan fingerprint density at radius 1 is 1.23 bits per heavy atom. The van der Waals surface area contributed by atoms with Gasteiger partial charge in [-0.15, -0.1) is 0 Å². The van der Waals surface area contributed by atoms with Crippen molar-refractivity contribution in [1.29, 1.82) is 0 Å². The summed E-state index contributed by atoms with van der Waals surface area (Å²) in [5.41, 5.74) is 3.61. The summed E-state index contributed by atoms with van der Waals surface area (Å²) >= 11 is 0. The summed E-state index contributed by atoms with van der Waals surface area (Å²) in [5, 5.41) is 3.18. The third-order valence-corrected chi connectivity index (χ3v) is 4.20. The molecular formula is C19H21NO2. The Morgan fingerprint density at radius 3 is 2.95 bits per heavy atom. The van der Waals surface area contributed by atoms with Crippen LogP contribution in [-0.4, -0.2) is 13.0 Å². The first-order valence-electron chi connectivity index (χ1n) is 7.76. The van der Waals surface area contributed by atoms with E-state index in [1.54, 1.807) is 7.11 Å². The van der Waals surface area contributed by atoms with Gasteiger partial charge in [0.15, 0.2) is 0 Å². The van der Waals surface area contributed by atoms with Gasteiger partial charge in [-0.05, 0) is 48.1 Å². The largest absolute Gasteiger partial charge is 0.497 e. The number of methoxy groups -OCH3 is 1. The molecule has 0 radical (unpaired) electrons. The van der Waals surface area contributed by atoms with Gasteiger partial charge >= 0.3 is 0 Å². The molecule has 0 spiro atoms. The van der Waals surface area contributed by atoms with Gasteiger partial charge in [0, 0.05) is 0 Å². The Labute approximate surface area is 131 Å². The molecule has 1 amide bonds. The Morgan fingerprint density at radius 2 is 2.09 bits per heavy atom. The van der Waals surface area contributed by atoms with Crippen LogP contribution in [0, 0.1) is 0 Å². The number of hydrogen-bond donors (Lipinski definition) is 1. The molecule has 1 N–H and O–H groups in total. The van der Waals surface area contributed by atoms with Crippen LogP contribution in [0.3, 0.4) is 0 Å². The average molecular weight is 295 g/mol. The van der Waals surface area contributed by atoms with Gasteiger partial charge in [-0.3, -0.25) is 4.79 Å². The second-order valence-corrected chi connectivity index (χ2v) is 5.74. The fourth-order valence-corrected chi connectivity index (χ4v) is 3.12. The summed E-state index contributed by atoms with van der Waals surface area (Å²) in [5.74, 6) is 0.850. The second kappa shape index (κ2) is 6.65. The standard InChI is InChI=1S/C19H21NO2/c1-22-16-9-4-6-14(12-16)13-19(21)20-18-11-5-8-15-7-2-3-10-17(15)18/h2-4,6-7,9-10,12,18H,5,8,11,13H2,1H3,(H,20,21)/t18-/m1/s1. The summed E-state index contributed by atoms with van der Waals surface area (Å²) < 4.78 is 5.20. The van der Waals surface area contributed by atoms with E-state index in [0.717, 1.165) is 30.6 Å². The van der Waals surface area contributed by atoms with Crippen LogP contribution >= 0.6 is 0 Å². The zero-order valence-corrected chi connectivity index (χ0v) is 12.8. The van der Waals surface area contributed by atoms with Crippen molar-refractivity contribution in [2.75, 3.05) is 7.11 Å². The molecule has 1 atom stereocenters. The Bertz CT molecular complexity index is 666. The number of carbonyl (C=O) groups is 1. The molecule has 0 saturated heterocycles. The highest BCUT2D eigenvalue weighted by Crippen LogP contribution is 2.29. The van der Waals surface area contributed by atoms with Gasteiger partial charge in [0.05, 0.1) is 19.6 Å². The molecule has 0 aliphatic heterocycles. The molecule has 3 nitrogen and oxygen atoms in total. The number of aryl methyl sites for hydroxylation is 1. The smallest absolute Gasteiger partial charge is 0.224 e. The van der Waals surface area contributed by atoms with E-state index in [9.17, 15) is 4.79 Å². The third-order valence-electron chi connectivity index (χ3n) is 4.20. The maximum atomic E-state index is 12.3. The van der Waals surface area contributed by atoms with E-state index in [1.165, 1.54) is 11.1 Å². The van der Waals surface area contributed by atoms with Gasteiger partial charge in [-0.25, -0.2) is 0 Å². The SMILES string of the molecule is COc1cccc(CC(=O)N[C@@H]2CCCc3ccccc32)c1. The van der Waals surface area contributed by atoms with Gasteiger partial charge < -0.3 is 10.1 Å². The minimum atomic E-state index is 0.0648. The lowest BCUT2D eigenvalue weighted by Crippen LogP contribution is -2.32. The molecule has 22 heavy (non-hydrogen) atoms.